The van der Waals surface area contributed by atoms with E-state index >= 15 is 0 Å². The van der Waals surface area contributed by atoms with Crippen LogP contribution < -0.4 is 4.90 Å². The third kappa shape index (κ3) is 2.05. The van der Waals surface area contributed by atoms with Gasteiger partial charge in [-0.05, 0) is 12.1 Å². The average molecular weight is 239 g/mol. The van der Waals surface area contributed by atoms with Gasteiger partial charge in [-0.3, -0.25) is 0 Å². The average Bonchev–Trinajstić information content (AvgIpc) is 2.86. The van der Waals surface area contributed by atoms with Crippen LogP contribution in [0.5, 0.6) is 0 Å². The SMILES string of the molecule is N#Cc1ccc(N2CC(Cn3ccnc3)C2)nc1. The van der Waals surface area contributed by atoms with Crippen LogP contribution in [0.25, 0.3) is 0 Å². The molecule has 2 aromatic rings. The van der Waals surface area contributed by atoms with Crippen molar-refractivity contribution in [1.29, 1.82) is 5.26 Å². The molecular formula is C13H13N5. The molecule has 0 radical (unpaired) electrons. The molecule has 1 aliphatic rings. The minimum absolute atomic E-state index is 0.606. The molecule has 1 saturated heterocycles. The molecule has 3 heterocycles. The molecule has 5 nitrogen and oxygen atoms in total. The Hall–Kier alpha value is -2.35. The van der Waals surface area contributed by atoms with Crippen LogP contribution in [0.2, 0.25) is 0 Å². The normalized spacial score (nSPS) is 15.2. The van der Waals surface area contributed by atoms with Gasteiger partial charge in [-0.25, -0.2) is 9.97 Å². The van der Waals surface area contributed by atoms with E-state index < -0.39 is 0 Å². The first kappa shape index (κ1) is 10.8. The van der Waals surface area contributed by atoms with Crippen LogP contribution in [-0.4, -0.2) is 27.6 Å². The molecular weight excluding hydrogens is 226 g/mol. The van der Waals surface area contributed by atoms with Gasteiger partial charge in [-0.2, -0.15) is 5.26 Å². The van der Waals surface area contributed by atoms with Crippen molar-refractivity contribution in [1.82, 2.24) is 14.5 Å². The maximum absolute atomic E-state index is 8.71. The van der Waals surface area contributed by atoms with Crippen LogP contribution in [0, 0.1) is 17.2 Å². The monoisotopic (exact) mass is 239 g/mol. The Kier molecular flexibility index (Phi) is 2.69. The number of hydrogen-bond acceptors (Lipinski definition) is 4. The van der Waals surface area contributed by atoms with Crippen molar-refractivity contribution in [2.75, 3.05) is 18.0 Å². The summed E-state index contributed by atoms with van der Waals surface area (Å²) in [5.41, 5.74) is 0.606. The zero-order chi connectivity index (χ0) is 12.4. The summed E-state index contributed by atoms with van der Waals surface area (Å²) in [7, 11) is 0. The molecule has 1 aliphatic heterocycles. The number of pyridine rings is 1. The fourth-order valence-corrected chi connectivity index (χ4v) is 2.20. The second-order valence-electron chi connectivity index (χ2n) is 4.55. The molecule has 18 heavy (non-hydrogen) atoms. The quantitative estimate of drug-likeness (QED) is 0.809. The molecule has 2 aromatic heterocycles. The van der Waals surface area contributed by atoms with Gasteiger partial charge in [0, 0.05) is 44.1 Å². The topological polar surface area (TPSA) is 57.7 Å². The van der Waals surface area contributed by atoms with Crippen LogP contribution in [0.1, 0.15) is 5.56 Å². The molecule has 0 atom stereocenters. The zero-order valence-electron chi connectivity index (χ0n) is 9.90. The molecule has 5 heteroatoms. The van der Waals surface area contributed by atoms with Gasteiger partial charge in [0.25, 0.3) is 0 Å². The molecule has 0 unspecified atom stereocenters. The summed E-state index contributed by atoms with van der Waals surface area (Å²) < 4.78 is 2.11. The highest BCUT2D eigenvalue weighted by molar-refractivity contribution is 5.44. The highest BCUT2D eigenvalue weighted by atomic mass is 15.2. The molecule has 3 rings (SSSR count). The molecule has 0 saturated carbocycles. The lowest BCUT2D eigenvalue weighted by Gasteiger charge is -2.40. The highest BCUT2D eigenvalue weighted by Crippen LogP contribution is 2.23. The lowest BCUT2D eigenvalue weighted by molar-refractivity contribution is 0.355. The second kappa shape index (κ2) is 4.49. The number of imidazole rings is 1. The van der Waals surface area contributed by atoms with E-state index in [0.29, 0.717) is 11.5 Å². The van der Waals surface area contributed by atoms with Crippen molar-refractivity contribution < 1.29 is 0 Å². The van der Waals surface area contributed by atoms with Gasteiger partial charge < -0.3 is 9.47 Å². The Morgan fingerprint density at radius 1 is 1.39 bits per heavy atom. The van der Waals surface area contributed by atoms with Gasteiger partial charge >= 0.3 is 0 Å². The standard InChI is InChI=1S/C13H13N5/c14-5-11-1-2-13(16-6-11)18-8-12(9-18)7-17-4-3-15-10-17/h1-4,6,10,12H,7-9H2. The van der Waals surface area contributed by atoms with E-state index in [9.17, 15) is 0 Å². The number of hydrogen-bond donors (Lipinski definition) is 0. The van der Waals surface area contributed by atoms with Crippen LogP contribution in [-0.2, 0) is 6.54 Å². The number of nitrogens with zero attached hydrogens (tertiary/aromatic N) is 5. The molecule has 0 aromatic carbocycles. The molecule has 1 fully saturated rings. The summed E-state index contributed by atoms with van der Waals surface area (Å²) in [4.78, 5) is 10.5. The second-order valence-corrected chi connectivity index (χ2v) is 4.55. The van der Waals surface area contributed by atoms with Crippen LogP contribution in [0.3, 0.4) is 0 Å². The summed E-state index contributed by atoms with van der Waals surface area (Å²) in [5, 5.41) is 8.71. The van der Waals surface area contributed by atoms with Gasteiger partial charge in [0.2, 0.25) is 0 Å². The number of aromatic nitrogens is 3. The van der Waals surface area contributed by atoms with Gasteiger partial charge in [-0.1, -0.05) is 0 Å². The summed E-state index contributed by atoms with van der Waals surface area (Å²) in [6.07, 6.45) is 7.27. The first-order valence-corrected chi connectivity index (χ1v) is 5.92. The Balaban J connectivity index is 1.56. The van der Waals surface area contributed by atoms with E-state index in [0.717, 1.165) is 25.5 Å². The van der Waals surface area contributed by atoms with Crippen molar-refractivity contribution in [2.45, 2.75) is 6.54 Å². The zero-order valence-corrected chi connectivity index (χ0v) is 9.90. The number of nitriles is 1. The van der Waals surface area contributed by atoms with Crippen LogP contribution >= 0.6 is 0 Å². The minimum Gasteiger partial charge on any atom is -0.356 e. The van der Waals surface area contributed by atoms with Crippen molar-refractivity contribution in [2.24, 2.45) is 5.92 Å². The predicted molar refractivity (Wildman–Crippen MR) is 66.9 cm³/mol. The van der Waals surface area contributed by atoms with E-state index in [1.165, 1.54) is 0 Å². The van der Waals surface area contributed by atoms with E-state index in [1.54, 1.807) is 12.4 Å². The van der Waals surface area contributed by atoms with Gasteiger partial charge in [0.1, 0.15) is 11.9 Å². The lowest BCUT2D eigenvalue weighted by Crippen LogP contribution is -2.48. The fourth-order valence-electron chi connectivity index (χ4n) is 2.20. The first-order valence-electron chi connectivity index (χ1n) is 5.92. The maximum atomic E-state index is 8.71. The molecule has 0 amide bonds. The summed E-state index contributed by atoms with van der Waals surface area (Å²) in [6, 6.07) is 5.80. The Bertz CT molecular complexity index is 546. The molecule has 0 N–H and O–H groups in total. The maximum Gasteiger partial charge on any atom is 0.128 e. The molecule has 0 spiro atoms. The van der Waals surface area contributed by atoms with Crippen LogP contribution in [0.15, 0.2) is 37.1 Å². The highest BCUT2D eigenvalue weighted by Gasteiger charge is 2.27. The van der Waals surface area contributed by atoms with Crippen molar-refractivity contribution in [3.05, 3.63) is 42.6 Å². The smallest absolute Gasteiger partial charge is 0.128 e. The molecule has 90 valence electrons. The molecule has 0 aliphatic carbocycles. The van der Waals surface area contributed by atoms with Crippen molar-refractivity contribution >= 4 is 5.82 Å². The third-order valence-corrected chi connectivity index (χ3v) is 3.19. The molecule has 0 bridgehead atoms. The Morgan fingerprint density at radius 3 is 2.89 bits per heavy atom. The van der Waals surface area contributed by atoms with Gasteiger partial charge in [0.15, 0.2) is 0 Å². The Labute approximate surface area is 105 Å². The van der Waals surface area contributed by atoms with Crippen molar-refractivity contribution in [3.63, 3.8) is 0 Å². The summed E-state index contributed by atoms with van der Waals surface area (Å²) in [6.45, 7) is 3.03. The number of anilines is 1. The van der Waals surface area contributed by atoms with Gasteiger partial charge in [-0.15, -0.1) is 0 Å². The van der Waals surface area contributed by atoms with Crippen LogP contribution in [0.4, 0.5) is 5.82 Å². The largest absolute Gasteiger partial charge is 0.356 e. The Morgan fingerprint density at radius 2 is 2.28 bits per heavy atom. The fraction of sp³-hybridized carbons (Fsp3) is 0.308. The first-order chi connectivity index (χ1) is 8.85. The van der Waals surface area contributed by atoms with Gasteiger partial charge in [0.05, 0.1) is 11.9 Å². The minimum atomic E-state index is 0.606. The predicted octanol–water partition coefficient (Wildman–Crippen LogP) is 1.29. The summed E-state index contributed by atoms with van der Waals surface area (Å²) >= 11 is 0. The van der Waals surface area contributed by atoms with E-state index in [1.807, 2.05) is 24.7 Å². The third-order valence-electron chi connectivity index (χ3n) is 3.19. The lowest BCUT2D eigenvalue weighted by atomic mass is 10.00. The summed E-state index contributed by atoms with van der Waals surface area (Å²) in [5.74, 6) is 1.60. The van der Waals surface area contributed by atoms with Crippen molar-refractivity contribution in [3.8, 4) is 6.07 Å². The number of rotatable bonds is 3. The van der Waals surface area contributed by atoms with E-state index in [-0.39, 0.29) is 0 Å². The van der Waals surface area contributed by atoms with E-state index in [4.69, 9.17) is 5.26 Å². The van der Waals surface area contributed by atoms with E-state index in [2.05, 4.69) is 25.5 Å².